The van der Waals surface area contributed by atoms with Crippen molar-refractivity contribution in [2.24, 2.45) is 0 Å². The lowest BCUT2D eigenvalue weighted by Gasteiger charge is -1.93. The molecule has 7 heteroatoms. The summed E-state index contributed by atoms with van der Waals surface area (Å²) in [5.74, 6) is 0. The lowest BCUT2D eigenvalue weighted by atomic mass is 10.6. The van der Waals surface area contributed by atoms with Crippen molar-refractivity contribution >= 4 is 16.7 Å². The molecule has 1 atom stereocenters. The number of nitrogens with zero attached hydrogens (tertiary/aromatic N) is 4. The number of hydrogen-bond donors (Lipinski definition) is 0. The molecule has 0 radical (unpaired) electrons. The Morgan fingerprint density at radius 2 is 2.42 bits per heavy atom. The van der Waals surface area contributed by atoms with Crippen molar-refractivity contribution in [3.8, 4) is 0 Å². The SMILES string of the molecule is O=S([O-])c1nc2ccncn2n1. The molecule has 0 spiro atoms. The van der Waals surface area contributed by atoms with Gasteiger partial charge in [-0.25, -0.2) is 14.5 Å². The van der Waals surface area contributed by atoms with Gasteiger partial charge in [0.25, 0.3) is 0 Å². The summed E-state index contributed by atoms with van der Waals surface area (Å²) in [7, 11) is 0. The minimum absolute atomic E-state index is 0.219. The zero-order chi connectivity index (χ0) is 8.55. The molecule has 0 aliphatic heterocycles. The van der Waals surface area contributed by atoms with E-state index in [9.17, 15) is 8.76 Å². The van der Waals surface area contributed by atoms with Crippen molar-refractivity contribution in [3.05, 3.63) is 18.6 Å². The maximum atomic E-state index is 10.4. The van der Waals surface area contributed by atoms with E-state index >= 15 is 0 Å². The second kappa shape index (κ2) is 2.61. The maximum absolute atomic E-state index is 10.4. The van der Waals surface area contributed by atoms with E-state index < -0.39 is 11.1 Å². The van der Waals surface area contributed by atoms with Crippen LogP contribution >= 0.6 is 0 Å². The van der Waals surface area contributed by atoms with Crippen LogP contribution in [-0.4, -0.2) is 28.3 Å². The Kier molecular flexibility index (Phi) is 1.59. The van der Waals surface area contributed by atoms with Gasteiger partial charge in [-0.15, -0.1) is 5.10 Å². The van der Waals surface area contributed by atoms with Gasteiger partial charge >= 0.3 is 0 Å². The topological polar surface area (TPSA) is 83.2 Å². The van der Waals surface area contributed by atoms with E-state index in [2.05, 4.69) is 15.1 Å². The van der Waals surface area contributed by atoms with Gasteiger partial charge in [0.1, 0.15) is 6.33 Å². The average Bonchev–Trinajstić information content (AvgIpc) is 2.46. The highest BCUT2D eigenvalue weighted by molar-refractivity contribution is 7.78. The number of fused-ring (bicyclic) bond motifs is 1. The third-order valence-corrected chi connectivity index (χ3v) is 1.74. The van der Waals surface area contributed by atoms with Gasteiger partial charge in [0.05, 0.1) is 0 Å². The van der Waals surface area contributed by atoms with Crippen LogP contribution < -0.4 is 0 Å². The van der Waals surface area contributed by atoms with Crippen molar-refractivity contribution in [3.63, 3.8) is 0 Å². The summed E-state index contributed by atoms with van der Waals surface area (Å²) in [6.07, 6.45) is 2.90. The van der Waals surface area contributed by atoms with Crippen LogP contribution in [0.3, 0.4) is 0 Å². The monoisotopic (exact) mass is 183 g/mol. The number of hydrogen-bond acceptors (Lipinski definition) is 5. The van der Waals surface area contributed by atoms with Gasteiger partial charge in [-0.2, -0.15) is 0 Å². The summed E-state index contributed by atoms with van der Waals surface area (Å²) in [4.78, 5) is 7.46. The zero-order valence-electron chi connectivity index (χ0n) is 5.75. The largest absolute Gasteiger partial charge is 0.766 e. The molecule has 1 unspecified atom stereocenters. The first kappa shape index (κ1) is 7.32. The normalized spacial score (nSPS) is 13.4. The standard InChI is InChI=1S/C5H4N4O2S/c10-12(11)5-7-4-1-2-6-3-9(4)8-5/h1-3H,(H,10,11)/p-1. The summed E-state index contributed by atoms with van der Waals surface area (Å²) in [6, 6.07) is 1.57. The third kappa shape index (κ3) is 1.08. The maximum Gasteiger partial charge on any atom is 0.226 e. The summed E-state index contributed by atoms with van der Waals surface area (Å²) in [5.41, 5.74) is 0.462. The fourth-order valence-corrected chi connectivity index (χ4v) is 1.12. The number of aromatic nitrogens is 4. The molecular formula is C5H3N4O2S-. The van der Waals surface area contributed by atoms with Crippen LogP contribution in [0.2, 0.25) is 0 Å². The van der Waals surface area contributed by atoms with E-state index in [0.29, 0.717) is 5.65 Å². The second-order valence-corrected chi connectivity index (χ2v) is 2.85. The lowest BCUT2D eigenvalue weighted by Crippen LogP contribution is -1.92. The van der Waals surface area contributed by atoms with Gasteiger partial charge in [0.15, 0.2) is 5.65 Å². The van der Waals surface area contributed by atoms with Crippen molar-refractivity contribution in [2.45, 2.75) is 5.16 Å². The molecule has 2 heterocycles. The van der Waals surface area contributed by atoms with Gasteiger partial charge in [0.2, 0.25) is 5.16 Å². The molecule has 2 aromatic rings. The molecule has 2 rings (SSSR count). The van der Waals surface area contributed by atoms with Crippen LogP contribution in [0.5, 0.6) is 0 Å². The summed E-state index contributed by atoms with van der Waals surface area (Å²) < 4.78 is 22.1. The first-order valence-corrected chi connectivity index (χ1v) is 4.10. The van der Waals surface area contributed by atoms with Crippen molar-refractivity contribution in [1.82, 2.24) is 19.6 Å². The quantitative estimate of drug-likeness (QED) is 0.549. The third-order valence-electron chi connectivity index (χ3n) is 1.27. The summed E-state index contributed by atoms with van der Waals surface area (Å²) in [5, 5.41) is 3.42. The smallest absolute Gasteiger partial charge is 0.226 e. The van der Waals surface area contributed by atoms with E-state index in [0.717, 1.165) is 0 Å². The second-order valence-electron chi connectivity index (χ2n) is 2.01. The van der Waals surface area contributed by atoms with Crippen LogP contribution in [0, 0.1) is 0 Å². The molecule has 0 aliphatic carbocycles. The van der Waals surface area contributed by atoms with E-state index in [4.69, 9.17) is 0 Å². The average molecular weight is 183 g/mol. The molecule has 12 heavy (non-hydrogen) atoms. The van der Waals surface area contributed by atoms with E-state index in [1.165, 1.54) is 17.0 Å². The Hall–Kier alpha value is -1.34. The predicted octanol–water partition coefficient (Wildman–Crippen LogP) is -0.638. The van der Waals surface area contributed by atoms with Gasteiger partial charge < -0.3 is 4.55 Å². The highest BCUT2D eigenvalue weighted by Crippen LogP contribution is 2.00. The Labute approximate surface area is 69.6 Å². The van der Waals surface area contributed by atoms with Gasteiger partial charge in [-0.1, -0.05) is 0 Å². The predicted molar refractivity (Wildman–Crippen MR) is 38.0 cm³/mol. The summed E-state index contributed by atoms with van der Waals surface area (Å²) >= 11 is -2.38. The van der Waals surface area contributed by atoms with Crippen LogP contribution in [0.25, 0.3) is 5.65 Å². The molecule has 62 valence electrons. The van der Waals surface area contributed by atoms with E-state index in [1.54, 1.807) is 6.07 Å². The van der Waals surface area contributed by atoms with Crippen LogP contribution in [0.15, 0.2) is 23.7 Å². The van der Waals surface area contributed by atoms with Gasteiger partial charge in [-0.05, 0) is 0 Å². The van der Waals surface area contributed by atoms with Crippen molar-refractivity contribution in [1.29, 1.82) is 0 Å². The highest BCUT2D eigenvalue weighted by Gasteiger charge is 2.01. The van der Waals surface area contributed by atoms with E-state index in [1.807, 2.05) is 0 Å². The minimum atomic E-state index is -2.38. The van der Waals surface area contributed by atoms with Crippen LogP contribution in [-0.2, 0) is 11.1 Å². The highest BCUT2D eigenvalue weighted by atomic mass is 32.2. The van der Waals surface area contributed by atoms with Crippen LogP contribution in [0.4, 0.5) is 0 Å². The molecule has 0 amide bonds. The Bertz CT molecular complexity index is 407. The molecular weight excluding hydrogens is 180 g/mol. The number of rotatable bonds is 1. The zero-order valence-corrected chi connectivity index (χ0v) is 6.56. The molecule has 0 aromatic carbocycles. The molecule has 0 fully saturated rings. The fourth-order valence-electron chi connectivity index (χ4n) is 0.796. The molecule has 0 saturated heterocycles. The first-order chi connectivity index (χ1) is 5.77. The molecule has 6 nitrogen and oxygen atoms in total. The Balaban J connectivity index is 2.70. The van der Waals surface area contributed by atoms with Crippen molar-refractivity contribution in [2.75, 3.05) is 0 Å². The molecule has 0 aliphatic rings. The summed E-state index contributed by atoms with van der Waals surface area (Å²) in [6.45, 7) is 0. The molecule has 2 aromatic heterocycles. The first-order valence-electron chi connectivity index (χ1n) is 3.03. The molecule has 0 bridgehead atoms. The Morgan fingerprint density at radius 1 is 1.58 bits per heavy atom. The fraction of sp³-hybridized carbons (Fsp3) is 0. The van der Waals surface area contributed by atoms with Gasteiger partial charge in [-0.3, -0.25) is 4.21 Å². The Morgan fingerprint density at radius 3 is 3.08 bits per heavy atom. The molecule has 0 saturated carbocycles. The van der Waals surface area contributed by atoms with Gasteiger partial charge in [0, 0.05) is 23.3 Å². The van der Waals surface area contributed by atoms with Crippen LogP contribution in [0.1, 0.15) is 0 Å². The molecule has 0 N–H and O–H groups in total. The lowest BCUT2D eigenvalue weighted by molar-refractivity contribution is 0.528. The van der Waals surface area contributed by atoms with Crippen molar-refractivity contribution < 1.29 is 8.76 Å². The van der Waals surface area contributed by atoms with E-state index in [-0.39, 0.29) is 5.16 Å². The minimum Gasteiger partial charge on any atom is -0.766 e.